The first kappa shape index (κ1) is 12.8. The molecule has 0 atom stereocenters. The van der Waals surface area contributed by atoms with Crippen LogP contribution in [0.1, 0.15) is 20.8 Å². The van der Waals surface area contributed by atoms with E-state index in [0.29, 0.717) is 0 Å². The summed E-state index contributed by atoms with van der Waals surface area (Å²) in [7, 11) is 0. The summed E-state index contributed by atoms with van der Waals surface area (Å²) in [6, 6.07) is 4.41. The van der Waals surface area contributed by atoms with Crippen molar-refractivity contribution < 1.29 is 4.39 Å². The Morgan fingerprint density at radius 2 is 2.06 bits per heavy atom. The standard InChI is InChI=1S/C11H15ClFN3/c1-11(2,3)16-10(14)15-9-7(12)5-4-6-8(9)13/h4-6H,1-3H3,(H3,14,15,16). The van der Waals surface area contributed by atoms with E-state index in [-0.39, 0.29) is 22.2 Å². The summed E-state index contributed by atoms with van der Waals surface area (Å²) in [5, 5.41) is 2.93. The van der Waals surface area contributed by atoms with Crippen molar-refractivity contribution in [2.75, 3.05) is 5.32 Å². The lowest BCUT2D eigenvalue weighted by Gasteiger charge is -2.15. The van der Waals surface area contributed by atoms with Gasteiger partial charge in [0.2, 0.25) is 0 Å². The molecular weight excluding hydrogens is 229 g/mol. The van der Waals surface area contributed by atoms with Gasteiger partial charge in [-0.15, -0.1) is 0 Å². The van der Waals surface area contributed by atoms with Gasteiger partial charge >= 0.3 is 0 Å². The molecule has 0 saturated heterocycles. The molecule has 0 fully saturated rings. The van der Waals surface area contributed by atoms with Crippen LogP contribution in [0.25, 0.3) is 0 Å². The number of nitrogens with two attached hydrogens (primary N) is 1. The van der Waals surface area contributed by atoms with Gasteiger partial charge in [0.1, 0.15) is 5.82 Å². The molecule has 0 saturated carbocycles. The second kappa shape index (κ2) is 4.70. The van der Waals surface area contributed by atoms with Crippen molar-refractivity contribution in [2.45, 2.75) is 26.3 Å². The Labute approximate surface area is 99.5 Å². The van der Waals surface area contributed by atoms with Gasteiger partial charge in [0.25, 0.3) is 0 Å². The molecule has 0 spiro atoms. The lowest BCUT2D eigenvalue weighted by atomic mass is 10.1. The van der Waals surface area contributed by atoms with Gasteiger partial charge in [0.15, 0.2) is 5.96 Å². The van der Waals surface area contributed by atoms with Crippen molar-refractivity contribution in [2.24, 2.45) is 10.7 Å². The van der Waals surface area contributed by atoms with Crippen molar-refractivity contribution in [3.05, 3.63) is 29.0 Å². The number of nitrogens with one attached hydrogen (secondary N) is 1. The Morgan fingerprint density at radius 1 is 1.44 bits per heavy atom. The third-order valence-electron chi connectivity index (χ3n) is 1.67. The van der Waals surface area contributed by atoms with E-state index in [2.05, 4.69) is 10.3 Å². The van der Waals surface area contributed by atoms with Crippen molar-refractivity contribution in [3.63, 3.8) is 0 Å². The zero-order valence-electron chi connectivity index (χ0n) is 9.51. The molecule has 0 aliphatic heterocycles. The van der Waals surface area contributed by atoms with Crippen LogP contribution in [-0.4, -0.2) is 11.5 Å². The highest BCUT2D eigenvalue weighted by atomic mass is 35.5. The fourth-order valence-electron chi connectivity index (χ4n) is 1.13. The van der Waals surface area contributed by atoms with Gasteiger partial charge in [-0.25, -0.2) is 9.38 Å². The van der Waals surface area contributed by atoms with Gasteiger partial charge in [-0.2, -0.15) is 0 Å². The van der Waals surface area contributed by atoms with E-state index in [1.165, 1.54) is 12.1 Å². The van der Waals surface area contributed by atoms with Crippen LogP contribution in [0, 0.1) is 5.82 Å². The van der Waals surface area contributed by atoms with Crippen LogP contribution in [-0.2, 0) is 0 Å². The van der Waals surface area contributed by atoms with Crippen LogP contribution >= 0.6 is 11.6 Å². The average Bonchev–Trinajstić information content (AvgIpc) is 2.08. The van der Waals surface area contributed by atoms with Crippen molar-refractivity contribution in [3.8, 4) is 0 Å². The number of hydrogen-bond donors (Lipinski definition) is 2. The molecule has 0 amide bonds. The molecule has 88 valence electrons. The molecule has 1 aromatic rings. The van der Waals surface area contributed by atoms with E-state index in [9.17, 15) is 4.39 Å². The molecule has 0 unspecified atom stereocenters. The fraction of sp³-hybridized carbons (Fsp3) is 0.364. The molecule has 5 heteroatoms. The van der Waals surface area contributed by atoms with E-state index in [1.807, 2.05) is 20.8 Å². The number of guanidine groups is 1. The summed E-state index contributed by atoms with van der Waals surface area (Å²) in [6.07, 6.45) is 0. The molecule has 0 aromatic heterocycles. The van der Waals surface area contributed by atoms with Crippen molar-refractivity contribution in [1.29, 1.82) is 0 Å². The maximum atomic E-state index is 13.4. The minimum absolute atomic E-state index is 0.138. The molecular formula is C11H15ClFN3. The first-order valence-electron chi connectivity index (χ1n) is 4.86. The topological polar surface area (TPSA) is 50.4 Å². The minimum Gasteiger partial charge on any atom is -0.370 e. The summed E-state index contributed by atoms with van der Waals surface area (Å²) in [5.41, 5.74) is 5.47. The Morgan fingerprint density at radius 3 is 2.56 bits per heavy atom. The predicted octanol–water partition coefficient (Wildman–Crippen LogP) is 3.00. The molecule has 3 nitrogen and oxygen atoms in total. The molecule has 16 heavy (non-hydrogen) atoms. The lowest BCUT2D eigenvalue weighted by molar-refractivity contribution is 0.582. The predicted molar refractivity (Wildman–Crippen MR) is 66.4 cm³/mol. The van der Waals surface area contributed by atoms with Crippen LogP contribution < -0.4 is 11.1 Å². The van der Waals surface area contributed by atoms with Crippen molar-refractivity contribution in [1.82, 2.24) is 0 Å². The number of rotatable bonds is 1. The maximum absolute atomic E-state index is 13.4. The largest absolute Gasteiger partial charge is 0.370 e. The fourth-order valence-corrected chi connectivity index (χ4v) is 1.34. The van der Waals surface area contributed by atoms with Gasteiger partial charge in [0, 0.05) is 0 Å². The van der Waals surface area contributed by atoms with E-state index in [4.69, 9.17) is 17.3 Å². The van der Waals surface area contributed by atoms with Crippen LogP contribution in [0.15, 0.2) is 23.2 Å². The SMILES string of the molecule is CC(C)(C)N=C(N)Nc1c(F)cccc1Cl. The van der Waals surface area contributed by atoms with E-state index in [1.54, 1.807) is 6.07 Å². The molecule has 0 heterocycles. The average molecular weight is 244 g/mol. The smallest absolute Gasteiger partial charge is 0.193 e. The molecule has 0 aliphatic rings. The highest BCUT2D eigenvalue weighted by Gasteiger charge is 2.11. The molecule has 0 radical (unpaired) electrons. The highest BCUT2D eigenvalue weighted by Crippen LogP contribution is 2.24. The van der Waals surface area contributed by atoms with Gasteiger partial charge in [0.05, 0.1) is 16.2 Å². The zero-order chi connectivity index (χ0) is 12.3. The number of aliphatic imine (C=N–C) groups is 1. The van der Waals surface area contributed by atoms with Gasteiger partial charge in [-0.3, -0.25) is 0 Å². The molecule has 1 aromatic carbocycles. The summed E-state index contributed by atoms with van der Waals surface area (Å²) in [4.78, 5) is 4.14. The van der Waals surface area contributed by atoms with Crippen LogP contribution in [0.2, 0.25) is 5.02 Å². The zero-order valence-corrected chi connectivity index (χ0v) is 10.3. The summed E-state index contributed by atoms with van der Waals surface area (Å²) >= 11 is 5.83. The summed E-state index contributed by atoms with van der Waals surface area (Å²) < 4.78 is 13.4. The van der Waals surface area contributed by atoms with Gasteiger partial charge in [-0.1, -0.05) is 17.7 Å². The molecule has 0 aliphatic carbocycles. The minimum atomic E-state index is -0.459. The molecule has 0 bridgehead atoms. The van der Waals surface area contributed by atoms with Crippen molar-refractivity contribution >= 4 is 23.2 Å². The second-order valence-corrected chi connectivity index (χ2v) is 4.80. The Bertz CT molecular complexity index is 390. The monoisotopic (exact) mass is 243 g/mol. The summed E-state index contributed by atoms with van der Waals surface area (Å²) in [6.45, 7) is 5.68. The van der Waals surface area contributed by atoms with Crippen LogP contribution in [0.3, 0.4) is 0 Å². The highest BCUT2D eigenvalue weighted by molar-refractivity contribution is 6.33. The number of anilines is 1. The maximum Gasteiger partial charge on any atom is 0.193 e. The number of nitrogens with zero attached hydrogens (tertiary/aromatic N) is 1. The molecule has 1 rings (SSSR count). The first-order valence-corrected chi connectivity index (χ1v) is 5.24. The number of hydrogen-bond acceptors (Lipinski definition) is 1. The number of para-hydroxylation sites is 1. The Balaban J connectivity index is 2.93. The lowest BCUT2D eigenvalue weighted by Crippen LogP contribution is -2.27. The van der Waals surface area contributed by atoms with E-state index in [0.717, 1.165) is 0 Å². The van der Waals surface area contributed by atoms with E-state index >= 15 is 0 Å². The Hall–Kier alpha value is -1.29. The second-order valence-electron chi connectivity index (χ2n) is 4.39. The third-order valence-corrected chi connectivity index (χ3v) is 1.99. The normalized spacial score (nSPS) is 12.7. The summed E-state index contributed by atoms with van der Waals surface area (Å²) in [5.74, 6) is -0.320. The van der Waals surface area contributed by atoms with Gasteiger partial charge < -0.3 is 11.1 Å². The molecule has 3 N–H and O–H groups in total. The van der Waals surface area contributed by atoms with Gasteiger partial charge in [-0.05, 0) is 32.9 Å². The third kappa shape index (κ3) is 3.70. The first-order chi connectivity index (χ1) is 7.29. The van der Waals surface area contributed by atoms with Crippen LogP contribution in [0.4, 0.5) is 10.1 Å². The Kier molecular flexibility index (Phi) is 3.75. The number of benzene rings is 1. The number of halogens is 2. The van der Waals surface area contributed by atoms with Crippen LogP contribution in [0.5, 0.6) is 0 Å². The van der Waals surface area contributed by atoms with E-state index < -0.39 is 5.82 Å². The quantitative estimate of drug-likeness (QED) is 0.589.